The molecule has 32 heavy (non-hydrogen) atoms. The number of nitrogens with zero attached hydrogens (tertiary/aromatic N) is 1. The van der Waals surface area contributed by atoms with Gasteiger partial charge in [-0.15, -0.1) is 0 Å². The third-order valence-corrected chi connectivity index (χ3v) is 6.26. The largest absolute Gasteiger partial charge is 0.496 e. The molecule has 3 aromatic rings. The number of ether oxygens (including phenoxy) is 1. The first-order valence-electron chi connectivity index (χ1n) is 10.9. The highest BCUT2D eigenvalue weighted by Crippen LogP contribution is 2.37. The molecule has 1 fully saturated rings. The molecular weight excluding hydrogens is 400 g/mol. The number of methoxy groups -OCH3 is 1. The second kappa shape index (κ2) is 9.27. The number of hydrogen-bond donors (Lipinski definition) is 1. The topological polar surface area (TPSA) is 58.6 Å². The molecule has 2 amide bonds. The van der Waals surface area contributed by atoms with Crippen LogP contribution >= 0.6 is 0 Å². The number of nitrogens with one attached hydrogen (secondary N) is 1. The van der Waals surface area contributed by atoms with Crippen LogP contribution in [-0.4, -0.2) is 44.0 Å². The molecule has 3 aromatic carbocycles. The number of amides is 2. The van der Waals surface area contributed by atoms with Crippen LogP contribution < -0.4 is 10.1 Å². The van der Waals surface area contributed by atoms with Crippen molar-refractivity contribution in [1.29, 1.82) is 0 Å². The molecular formula is C27H28N2O3. The maximum atomic E-state index is 13.2. The maximum absolute atomic E-state index is 13.2. The van der Waals surface area contributed by atoms with Gasteiger partial charge in [0.1, 0.15) is 5.75 Å². The zero-order valence-electron chi connectivity index (χ0n) is 18.5. The number of likely N-dealkylation sites (tertiary alicyclic amines) is 1. The fourth-order valence-corrected chi connectivity index (χ4v) is 4.59. The van der Waals surface area contributed by atoms with Crippen LogP contribution in [0.2, 0.25) is 0 Å². The molecule has 0 radical (unpaired) electrons. The van der Waals surface area contributed by atoms with Crippen LogP contribution in [0.25, 0.3) is 11.1 Å². The molecule has 4 rings (SSSR count). The zero-order chi connectivity index (χ0) is 22.6. The summed E-state index contributed by atoms with van der Waals surface area (Å²) in [6, 6.07) is 25.7. The average Bonchev–Trinajstić information content (AvgIpc) is 3.28. The minimum Gasteiger partial charge on any atom is -0.496 e. The summed E-state index contributed by atoms with van der Waals surface area (Å²) in [6.45, 7) is 0.905. The van der Waals surface area contributed by atoms with Gasteiger partial charge < -0.3 is 15.0 Å². The Morgan fingerprint density at radius 3 is 2.44 bits per heavy atom. The smallest absolute Gasteiger partial charge is 0.257 e. The van der Waals surface area contributed by atoms with Crippen LogP contribution in [0, 0.1) is 5.41 Å². The SMILES string of the molecule is CNC(=O)[C@@]1(Cc2cccc(-c3ccccc3)c2)CCN(C(=O)c2ccccc2OC)C1. The fraction of sp³-hybridized carbons (Fsp3) is 0.259. The van der Waals surface area contributed by atoms with Crippen molar-refractivity contribution >= 4 is 11.8 Å². The average molecular weight is 429 g/mol. The van der Waals surface area contributed by atoms with Gasteiger partial charge in [0.25, 0.3) is 5.91 Å². The van der Waals surface area contributed by atoms with Crippen LogP contribution in [0.5, 0.6) is 5.75 Å². The fourth-order valence-electron chi connectivity index (χ4n) is 4.59. The van der Waals surface area contributed by atoms with E-state index in [4.69, 9.17) is 4.74 Å². The molecule has 0 bridgehead atoms. The first kappa shape index (κ1) is 21.6. The van der Waals surface area contributed by atoms with Crippen molar-refractivity contribution in [2.75, 3.05) is 27.2 Å². The highest BCUT2D eigenvalue weighted by molar-refractivity contribution is 5.98. The Bertz CT molecular complexity index is 1110. The van der Waals surface area contributed by atoms with E-state index < -0.39 is 5.41 Å². The summed E-state index contributed by atoms with van der Waals surface area (Å²) in [6.07, 6.45) is 1.19. The Labute approximate surface area is 189 Å². The normalized spacial score (nSPS) is 17.8. The van der Waals surface area contributed by atoms with Gasteiger partial charge in [0.2, 0.25) is 5.91 Å². The molecule has 1 N–H and O–H groups in total. The summed E-state index contributed by atoms with van der Waals surface area (Å²) in [7, 11) is 3.22. The third-order valence-electron chi connectivity index (χ3n) is 6.26. The highest BCUT2D eigenvalue weighted by atomic mass is 16.5. The Balaban J connectivity index is 1.60. The molecule has 1 atom stereocenters. The van der Waals surface area contributed by atoms with Crippen LogP contribution in [0.4, 0.5) is 0 Å². The van der Waals surface area contributed by atoms with Gasteiger partial charge in [-0.3, -0.25) is 9.59 Å². The van der Waals surface area contributed by atoms with Crippen LogP contribution in [-0.2, 0) is 11.2 Å². The summed E-state index contributed by atoms with van der Waals surface area (Å²) < 4.78 is 5.37. The van der Waals surface area contributed by atoms with E-state index in [2.05, 4.69) is 35.6 Å². The molecule has 1 aliphatic heterocycles. The maximum Gasteiger partial charge on any atom is 0.257 e. The highest BCUT2D eigenvalue weighted by Gasteiger charge is 2.46. The van der Waals surface area contributed by atoms with E-state index in [0.717, 1.165) is 16.7 Å². The minimum atomic E-state index is -0.665. The molecule has 5 heteroatoms. The Kier molecular flexibility index (Phi) is 6.26. The van der Waals surface area contributed by atoms with E-state index in [0.29, 0.717) is 37.2 Å². The van der Waals surface area contributed by atoms with E-state index >= 15 is 0 Å². The van der Waals surface area contributed by atoms with E-state index in [-0.39, 0.29) is 11.8 Å². The van der Waals surface area contributed by atoms with E-state index in [9.17, 15) is 9.59 Å². The summed E-state index contributed by atoms with van der Waals surface area (Å²) >= 11 is 0. The molecule has 1 saturated heterocycles. The van der Waals surface area contributed by atoms with Gasteiger partial charge in [0.15, 0.2) is 0 Å². The van der Waals surface area contributed by atoms with E-state index in [1.54, 1.807) is 31.2 Å². The van der Waals surface area contributed by atoms with E-state index in [1.165, 1.54) is 0 Å². The van der Waals surface area contributed by atoms with Crippen LogP contribution in [0.1, 0.15) is 22.3 Å². The second-order valence-electron chi connectivity index (χ2n) is 8.28. The quantitative estimate of drug-likeness (QED) is 0.641. The predicted molar refractivity (Wildman–Crippen MR) is 126 cm³/mol. The van der Waals surface area contributed by atoms with Crippen molar-refractivity contribution < 1.29 is 14.3 Å². The number of carbonyl (C=O) groups excluding carboxylic acids is 2. The van der Waals surface area contributed by atoms with Gasteiger partial charge >= 0.3 is 0 Å². The van der Waals surface area contributed by atoms with Crippen molar-refractivity contribution in [3.63, 3.8) is 0 Å². The van der Waals surface area contributed by atoms with Crippen molar-refractivity contribution in [1.82, 2.24) is 10.2 Å². The van der Waals surface area contributed by atoms with Gasteiger partial charge in [-0.1, -0.05) is 66.7 Å². The van der Waals surface area contributed by atoms with Crippen molar-refractivity contribution in [2.24, 2.45) is 5.41 Å². The third kappa shape index (κ3) is 4.24. The molecule has 1 aliphatic rings. The lowest BCUT2D eigenvalue weighted by atomic mass is 9.79. The van der Waals surface area contributed by atoms with Crippen molar-refractivity contribution in [3.05, 3.63) is 90.0 Å². The lowest BCUT2D eigenvalue weighted by molar-refractivity contribution is -0.129. The number of hydrogen-bond acceptors (Lipinski definition) is 3. The van der Waals surface area contributed by atoms with Gasteiger partial charge in [0.05, 0.1) is 18.1 Å². The monoisotopic (exact) mass is 428 g/mol. The summed E-state index contributed by atoms with van der Waals surface area (Å²) in [5.74, 6) is 0.412. The first-order valence-corrected chi connectivity index (χ1v) is 10.9. The summed E-state index contributed by atoms with van der Waals surface area (Å²) in [4.78, 5) is 28.1. The molecule has 0 saturated carbocycles. The van der Waals surface area contributed by atoms with Crippen molar-refractivity contribution in [3.8, 4) is 16.9 Å². The molecule has 5 nitrogen and oxygen atoms in total. The minimum absolute atomic E-state index is 0.0297. The van der Waals surface area contributed by atoms with Gasteiger partial charge in [-0.2, -0.15) is 0 Å². The van der Waals surface area contributed by atoms with Gasteiger partial charge in [-0.05, 0) is 41.7 Å². The van der Waals surface area contributed by atoms with Crippen LogP contribution in [0.15, 0.2) is 78.9 Å². The number of carbonyl (C=O) groups is 2. The van der Waals surface area contributed by atoms with E-state index in [1.807, 2.05) is 36.4 Å². The second-order valence-corrected chi connectivity index (χ2v) is 8.28. The first-order chi connectivity index (χ1) is 15.6. The molecule has 164 valence electrons. The Morgan fingerprint density at radius 1 is 0.969 bits per heavy atom. The number of para-hydroxylation sites is 1. The zero-order valence-corrected chi connectivity index (χ0v) is 18.5. The molecule has 0 spiro atoms. The van der Waals surface area contributed by atoms with Crippen LogP contribution in [0.3, 0.4) is 0 Å². The predicted octanol–water partition coefficient (Wildman–Crippen LogP) is 4.18. The molecule has 0 aromatic heterocycles. The lowest BCUT2D eigenvalue weighted by Crippen LogP contribution is -2.44. The summed E-state index contributed by atoms with van der Waals surface area (Å²) in [5, 5.41) is 2.83. The molecule has 1 heterocycles. The standard InChI is InChI=1S/C27H28N2O3/c1-28-26(31)27(18-20-9-8-12-22(17-20)21-10-4-3-5-11-21)15-16-29(19-27)25(30)23-13-6-7-14-24(23)32-2/h3-14,17H,15-16,18-19H2,1-2H3,(H,28,31)/t27-/m1/s1. The Morgan fingerprint density at radius 2 is 1.69 bits per heavy atom. The van der Waals surface area contributed by atoms with Gasteiger partial charge in [0, 0.05) is 20.1 Å². The molecule has 0 unspecified atom stereocenters. The van der Waals surface area contributed by atoms with Crippen molar-refractivity contribution in [2.45, 2.75) is 12.8 Å². The Hall–Kier alpha value is -3.60. The number of rotatable bonds is 6. The lowest BCUT2D eigenvalue weighted by Gasteiger charge is -2.28. The molecule has 0 aliphatic carbocycles. The summed E-state index contributed by atoms with van der Waals surface area (Å²) in [5.41, 5.74) is 3.20. The number of benzene rings is 3. The van der Waals surface area contributed by atoms with Gasteiger partial charge in [-0.25, -0.2) is 0 Å².